The molecule has 1 N–H and O–H groups in total. The summed E-state index contributed by atoms with van der Waals surface area (Å²) < 4.78 is 2.08. The molecule has 3 nitrogen and oxygen atoms in total. The van der Waals surface area contributed by atoms with Crippen LogP contribution in [0.15, 0.2) is 24.4 Å². The van der Waals surface area contributed by atoms with Crippen LogP contribution >= 0.6 is 11.6 Å². The van der Waals surface area contributed by atoms with E-state index in [9.17, 15) is 0 Å². The Hall–Kier alpha value is -1.06. The molecule has 72 valence electrons. The van der Waals surface area contributed by atoms with Crippen molar-refractivity contribution in [2.45, 2.75) is 5.92 Å². The van der Waals surface area contributed by atoms with Crippen LogP contribution in [0, 0.1) is 0 Å². The first-order chi connectivity index (χ1) is 6.86. The van der Waals surface area contributed by atoms with Gasteiger partial charge in [0.05, 0.1) is 5.52 Å². The SMILES string of the molecule is Clc1nc(C2CNC2)n2ccccc12. The largest absolute Gasteiger partial charge is 0.315 e. The van der Waals surface area contributed by atoms with Crippen LogP contribution in [0.5, 0.6) is 0 Å². The third kappa shape index (κ3) is 1.06. The number of aromatic nitrogens is 2. The monoisotopic (exact) mass is 207 g/mol. The van der Waals surface area contributed by atoms with Gasteiger partial charge < -0.3 is 9.72 Å². The second-order valence-electron chi connectivity index (χ2n) is 3.57. The lowest BCUT2D eigenvalue weighted by molar-refractivity contribution is 0.429. The maximum absolute atomic E-state index is 6.05. The van der Waals surface area contributed by atoms with Gasteiger partial charge in [-0.15, -0.1) is 0 Å². The summed E-state index contributed by atoms with van der Waals surface area (Å²) in [6, 6.07) is 5.97. The number of fused-ring (bicyclic) bond motifs is 1. The summed E-state index contributed by atoms with van der Waals surface area (Å²) in [5.41, 5.74) is 0.996. The molecule has 1 saturated heterocycles. The third-order valence-electron chi connectivity index (χ3n) is 2.68. The van der Waals surface area contributed by atoms with Crippen LogP contribution in [0.1, 0.15) is 11.7 Å². The number of nitrogens with zero attached hydrogens (tertiary/aromatic N) is 2. The highest BCUT2D eigenvalue weighted by atomic mass is 35.5. The van der Waals surface area contributed by atoms with Gasteiger partial charge in [-0.2, -0.15) is 0 Å². The number of halogens is 1. The van der Waals surface area contributed by atoms with Crippen LogP contribution in [0.4, 0.5) is 0 Å². The maximum Gasteiger partial charge on any atom is 0.155 e. The van der Waals surface area contributed by atoms with Crippen LogP contribution in [-0.2, 0) is 0 Å². The zero-order chi connectivity index (χ0) is 9.54. The van der Waals surface area contributed by atoms with Crippen LogP contribution < -0.4 is 5.32 Å². The fourth-order valence-electron chi connectivity index (χ4n) is 1.78. The third-order valence-corrected chi connectivity index (χ3v) is 2.96. The maximum atomic E-state index is 6.05. The van der Waals surface area contributed by atoms with Gasteiger partial charge in [0.1, 0.15) is 5.82 Å². The number of rotatable bonds is 1. The predicted molar refractivity (Wildman–Crippen MR) is 55.8 cm³/mol. The van der Waals surface area contributed by atoms with Crippen molar-refractivity contribution in [1.82, 2.24) is 14.7 Å². The summed E-state index contributed by atoms with van der Waals surface area (Å²) in [4.78, 5) is 4.40. The second-order valence-corrected chi connectivity index (χ2v) is 3.93. The van der Waals surface area contributed by atoms with Crippen molar-refractivity contribution in [3.05, 3.63) is 35.4 Å². The molecule has 14 heavy (non-hydrogen) atoms. The molecule has 3 rings (SSSR count). The fraction of sp³-hybridized carbons (Fsp3) is 0.300. The molecule has 2 aromatic heterocycles. The van der Waals surface area contributed by atoms with Crippen LogP contribution in [0.3, 0.4) is 0 Å². The average molecular weight is 208 g/mol. The number of hydrogen-bond acceptors (Lipinski definition) is 2. The van der Waals surface area contributed by atoms with E-state index >= 15 is 0 Å². The van der Waals surface area contributed by atoms with Gasteiger partial charge in [-0.1, -0.05) is 17.7 Å². The number of hydrogen-bond donors (Lipinski definition) is 1. The van der Waals surface area contributed by atoms with Crippen LogP contribution in [-0.4, -0.2) is 22.5 Å². The Morgan fingerprint density at radius 2 is 2.29 bits per heavy atom. The Bertz CT molecular complexity index is 473. The van der Waals surface area contributed by atoms with Crippen molar-refractivity contribution in [3.8, 4) is 0 Å². The van der Waals surface area contributed by atoms with E-state index in [2.05, 4.69) is 14.7 Å². The zero-order valence-electron chi connectivity index (χ0n) is 7.57. The summed E-state index contributed by atoms with van der Waals surface area (Å²) in [7, 11) is 0. The second kappa shape index (κ2) is 2.97. The Morgan fingerprint density at radius 3 is 3.00 bits per heavy atom. The molecule has 4 heteroatoms. The molecule has 0 bridgehead atoms. The van der Waals surface area contributed by atoms with Gasteiger partial charge in [-0.25, -0.2) is 4.98 Å². The Morgan fingerprint density at radius 1 is 1.43 bits per heavy atom. The van der Waals surface area contributed by atoms with Crippen molar-refractivity contribution >= 4 is 17.1 Å². The molecule has 0 unspecified atom stereocenters. The molecule has 0 spiro atoms. The van der Waals surface area contributed by atoms with Gasteiger partial charge in [-0.3, -0.25) is 0 Å². The highest BCUT2D eigenvalue weighted by Crippen LogP contribution is 2.24. The van der Waals surface area contributed by atoms with Crippen molar-refractivity contribution in [3.63, 3.8) is 0 Å². The summed E-state index contributed by atoms with van der Waals surface area (Å²) >= 11 is 6.05. The van der Waals surface area contributed by atoms with Gasteiger partial charge in [0.25, 0.3) is 0 Å². The lowest BCUT2D eigenvalue weighted by Gasteiger charge is -2.25. The normalized spacial score (nSPS) is 17.2. The van der Waals surface area contributed by atoms with Crippen molar-refractivity contribution < 1.29 is 0 Å². The van der Waals surface area contributed by atoms with Gasteiger partial charge in [0, 0.05) is 25.2 Å². The van der Waals surface area contributed by atoms with E-state index < -0.39 is 0 Å². The quantitative estimate of drug-likeness (QED) is 0.771. The molecule has 0 atom stereocenters. The van der Waals surface area contributed by atoms with E-state index in [1.807, 2.05) is 24.4 Å². The molecule has 0 amide bonds. The molecule has 0 aliphatic carbocycles. The van der Waals surface area contributed by atoms with E-state index in [1.54, 1.807) is 0 Å². The molecule has 1 aliphatic rings. The van der Waals surface area contributed by atoms with E-state index in [-0.39, 0.29) is 0 Å². The smallest absolute Gasteiger partial charge is 0.155 e. The van der Waals surface area contributed by atoms with Crippen LogP contribution in [0.2, 0.25) is 5.15 Å². The molecule has 1 aliphatic heterocycles. The predicted octanol–water partition coefficient (Wildman–Crippen LogP) is 1.67. The molecule has 0 saturated carbocycles. The lowest BCUT2D eigenvalue weighted by Crippen LogP contribution is -2.40. The van der Waals surface area contributed by atoms with Crippen molar-refractivity contribution in [1.29, 1.82) is 0 Å². The van der Waals surface area contributed by atoms with Crippen LogP contribution in [0.25, 0.3) is 5.52 Å². The Kier molecular flexibility index (Phi) is 1.75. The van der Waals surface area contributed by atoms with Gasteiger partial charge in [-0.05, 0) is 12.1 Å². The van der Waals surface area contributed by atoms with E-state index in [0.717, 1.165) is 24.4 Å². The summed E-state index contributed by atoms with van der Waals surface area (Å²) in [6.07, 6.45) is 2.02. The molecule has 2 aromatic rings. The van der Waals surface area contributed by atoms with E-state index in [4.69, 9.17) is 11.6 Å². The van der Waals surface area contributed by atoms with Crippen molar-refractivity contribution in [2.24, 2.45) is 0 Å². The highest BCUT2D eigenvalue weighted by molar-refractivity contribution is 6.32. The number of pyridine rings is 1. The first kappa shape index (κ1) is 8.26. The molecule has 0 radical (unpaired) electrons. The standard InChI is InChI=1S/C10H10ClN3/c11-9-8-3-1-2-4-14(8)10(13-9)7-5-12-6-7/h1-4,7,12H,5-6H2. The van der Waals surface area contributed by atoms with Gasteiger partial charge in [0.15, 0.2) is 5.15 Å². The highest BCUT2D eigenvalue weighted by Gasteiger charge is 2.24. The van der Waals surface area contributed by atoms with Gasteiger partial charge in [0.2, 0.25) is 0 Å². The number of nitrogens with one attached hydrogen (secondary N) is 1. The average Bonchev–Trinajstić information content (AvgIpc) is 2.43. The minimum absolute atomic E-state index is 0.511. The van der Waals surface area contributed by atoms with Gasteiger partial charge >= 0.3 is 0 Å². The molecule has 3 heterocycles. The summed E-state index contributed by atoms with van der Waals surface area (Å²) in [5.74, 6) is 1.58. The summed E-state index contributed by atoms with van der Waals surface area (Å²) in [6.45, 7) is 2.01. The first-order valence-corrected chi connectivity index (χ1v) is 5.07. The van der Waals surface area contributed by atoms with Crippen molar-refractivity contribution in [2.75, 3.05) is 13.1 Å². The summed E-state index contributed by atoms with van der Waals surface area (Å²) in [5, 5.41) is 3.84. The molecule has 0 aromatic carbocycles. The lowest BCUT2D eigenvalue weighted by atomic mass is 10.0. The molecular formula is C10H10ClN3. The Labute approximate surface area is 86.7 Å². The Balaban J connectivity index is 2.23. The topological polar surface area (TPSA) is 29.3 Å². The minimum Gasteiger partial charge on any atom is -0.315 e. The van der Waals surface area contributed by atoms with E-state index in [0.29, 0.717) is 11.1 Å². The fourth-order valence-corrected chi connectivity index (χ4v) is 2.02. The first-order valence-electron chi connectivity index (χ1n) is 4.69. The van der Waals surface area contributed by atoms with E-state index in [1.165, 1.54) is 0 Å². The number of imidazole rings is 1. The molecule has 1 fully saturated rings. The zero-order valence-corrected chi connectivity index (χ0v) is 8.33. The molecular weight excluding hydrogens is 198 g/mol. The minimum atomic E-state index is 0.511.